The van der Waals surface area contributed by atoms with E-state index < -0.39 is 0 Å². The zero-order chi connectivity index (χ0) is 12.1. The molecule has 1 aliphatic heterocycles. The zero-order valence-corrected chi connectivity index (χ0v) is 9.87. The van der Waals surface area contributed by atoms with E-state index in [9.17, 15) is 4.79 Å². The van der Waals surface area contributed by atoms with Gasteiger partial charge in [0.15, 0.2) is 0 Å². The van der Waals surface area contributed by atoms with Gasteiger partial charge in [-0.1, -0.05) is 6.07 Å². The molecule has 2 rings (SSSR count). The van der Waals surface area contributed by atoms with Crippen molar-refractivity contribution >= 4 is 5.91 Å². The minimum Gasteiger partial charge on any atom is -0.493 e. The van der Waals surface area contributed by atoms with Gasteiger partial charge in [0, 0.05) is 17.7 Å². The van der Waals surface area contributed by atoms with Crippen molar-refractivity contribution in [1.82, 2.24) is 5.32 Å². The highest BCUT2D eigenvalue weighted by molar-refractivity contribution is 5.96. The molecule has 17 heavy (non-hydrogen) atoms. The minimum absolute atomic E-state index is 0.00164. The van der Waals surface area contributed by atoms with Crippen molar-refractivity contribution in [2.24, 2.45) is 5.73 Å². The van der Waals surface area contributed by atoms with Crippen LogP contribution in [0, 0.1) is 0 Å². The van der Waals surface area contributed by atoms with Crippen LogP contribution >= 0.6 is 0 Å². The summed E-state index contributed by atoms with van der Waals surface area (Å²) in [5.74, 6) is 0.828. The molecule has 1 aromatic carbocycles. The van der Waals surface area contributed by atoms with Gasteiger partial charge in [0.05, 0.1) is 6.61 Å². The lowest BCUT2D eigenvalue weighted by Crippen LogP contribution is -2.22. The molecular formula is C13H18N2O2. The van der Waals surface area contributed by atoms with Crippen molar-refractivity contribution < 1.29 is 9.53 Å². The SMILES string of the molecule is NCCCOc1cccc2c1CCCNC2=O. The summed E-state index contributed by atoms with van der Waals surface area (Å²) in [5.41, 5.74) is 7.20. The molecule has 0 unspecified atom stereocenters. The van der Waals surface area contributed by atoms with Gasteiger partial charge in [0.25, 0.3) is 5.91 Å². The number of hydrogen-bond acceptors (Lipinski definition) is 3. The molecule has 4 heteroatoms. The van der Waals surface area contributed by atoms with Crippen LogP contribution in [-0.2, 0) is 6.42 Å². The summed E-state index contributed by atoms with van der Waals surface area (Å²) >= 11 is 0. The molecule has 0 atom stereocenters. The number of ether oxygens (including phenoxy) is 1. The van der Waals surface area contributed by atoms with Gasteiger partial charge in [0.1, 0.15) is 5.75 Å². The molecule has 0 aromatic heterocycles. The number of carbonyl (C=O) groups is 1. The lowest BCUT2D eigenvalue weighted by atomic mass is 10.0. The number of carbonyl (C=O) groups excluding carboxylic acids is 1. The largest absolute Gasteiger partial charge is 0.493 e. The van der Waals surface area contributed by atoms with Crippen molar-refractivity contribution in [1.29, 1.82) is 0 Å². The fraction of sp³-hybridized carbons (Fsp3) is 0.462. The normalized spacial score (nSPS) is 14.8. The van der Waals surface area contributed by atoms with E-state index in [2.05, 4.69) is 5.32 Å². The van der Waals surface area contributed by atoms with Crippen molar-refractivity contribution in [3.8, 4) is 5.75 Å². The molecule has 0 bridgehead atoms. The third-order valence-electron chi connectivity index (χ3n) is 2.87. The number of nitrogens with one attached hydrogen (secondary N) is 1. The number of benzene rings is 1. The Morgan fingerprint density at radius 3 is 3.12 bits per heavy atom. The summed E-state index contributed by atoms with van der Waals surface area (Å²) in [6, 6.07) is 5.64. The van der Waals surface area contributed by atoms with E-state index in [1.54, 1.807) is 0 Å². The van der Waals surface area contributed by atoms with Gasteiger partial charge in [0.2, 0.25) is 0 Å². The average molecular weight is 234 g/mol. The monoisotopic (exact) mass is 234 g/mol. The Morgan fingerprint density at radius 2 is 2.29 bits per heavy atom. The second kappa shape index (κ2) is 5.68. The Balaban J connectivity index is 2.22. The third kappa shape index (κ3) is 2.77. The van der Waals surface area contributed by atoms with Crippen molar-refractivity contribution in [2.75, 3.05) is 19.7 Å². The molecule has 0 radical (unpaired) electrons. The van der Waals surface area contributed by atoms with E-state index in [1.807, 2.05) is 18.2 Å². The molecule has 1 heterocycles. The molecule has 0 fully saturated rings. The lowest BCUT2D eigenvalue weighted by Gasteiger charge is -2.12. The van der Waals surface area contributed by atoms with Crippen LogP contribution in [0.5, 0.6) is 5.75 Å². The lowest BCUT2D eigenvalue weighted by molar-refractivity contribution is 0.0955. The van der Waals surface area contributed by atoms with Gasteiger partial charge in [-0.3, -0.25) is 4.79 Å². The van der Waals surface area contributed by atoms with Crippen LogP contribution in [0.3, 0.4) is 0 Å². The quantitative estimate of drug-likeness (QED) is 0.766. The zero-order valence-electron chi connectivity index (χ0n) is 9.87. The van der Waals surface area contributed by atoms with Crippen molar-refractivity contribution in [3.63, 3.8) is 0 Å². The molecule has 1 aromatic rings. The van der Waals surface area contributed by atoms with Crippen LogP contribution in [-0.4, -0.2) is 25.6 Å². The van der Waals surface area contributed by atoms with Gasteiger partial charge in [-0.05, 0) is 37.9 Å². The van der Waals surface area contributed by atoms with Crippen molar-refractivity contribution in [3.05, 3.63) is 29.3 Å². The van der Waals surface area contributed by atoms with Gasteiger partial charge < -0.3 is 15.8 Å². The number of amides is 1. The summed E-state index contributed by atoms with van der Waals surface area (Å²) in [7, 11) is 0. The van der Waals surface area contributed by atoms with E-state index in [0.717, 1.165) is 42.7 Å². The first-order valence-electron chi connectivity index (χ1n) is 6.06. The third-order valence-corrected chi connectivity index (χ3v) is 2.87. The number of nitrogens with two attached hydrogens (primary N) is 1. The first-order chi connectivity index (χ1) is 8.33. The van der Waals surface area contributed by atoms with Crippen molar-refractivity contribution in [2.45, 2.75) is 19.3 Å². The molecule has 0 saturated heterocycles. The highest BCUT2D eigenvalue weighted by Crippen LogP contribution is 2.25. The number of rotatable bonds is 4. The standard InChI is InChI=1S/C13H18N2O2/c14-7-3-9-17-12-6-1-4-11-10(12)5-2-8-15-13(11)16/h1,4,6H,2-3,5,7-9,14H2,(H,15,16). The second-order valence-electron chi connectivity index (χ2n) is 4.13. The van der Waals surface area contributed by atoms with E-state index in [0.29, 0.717) is 13.2 Å². The van der Waals surface area contributed by atoms with Crippen LogP contribution in [0.25, 0.3) is 0 Å². The summed E-state index contributed by atoms with van der Waals surface area (Å²) in [5, 5.41) is 2.88. The second-order valence-corrected chi connectivity index (χ2v) is 4.13. The van der Waals surface area contributed by atoms with Gasteiger partial charge in [-0.25, -0.2) is 0 Å². The summed E-state index contributed by atoms with van der Waals surface area (Å²) in [6.07, 6.45) is 2.67. The summed E-state index contributed by atoms with van der Waals surface area (Å²) in [6.45, 7) is 1.96. The Morgan fingerprint density at radius 1 is 1.41 bits per heavy atom. The maximum Gasteiger partial charge on any atom is 0.251 e. The highest BCUT2D eigenvalue weighted by atomic mass is 16.5. The maximum atomic E-state index is 11.8. The van der Waals surface area contributed by atoms with Crippen LogP contribution < -0.4 is 15.8 Å². The molecule has 92 valence electrons. The highest BCUT2D eigenvalue weighted by Gasteiger charge is 2.18. The van der Waals surface area contributed by atoms with Crippen LogP contribution in [0.4, 0.5) is 0 Å². The Hall–Kier alpha value is -1.55. The molecule has 0 spiro atoms. The van der Waals surface area contributed by atoms with E-state index in [4.69, 9.17) is 10.5 Å². The topological polar surface area (TPSA) is 64.3 Å². The van der Waals surface area contributed by atoms with E-state index >= 15 is 0 Å². The fourth-order valence-electron chi connectivity index (χ4n) is 2.00. The molecule has 4 nitrogen and oxygen atoms in total. The Bertz CT molecular complexity index is 404. The van der Waals surface area contributed by atoms with E-state index in [-0.39, 0.29) is 5.91 Å². The molecular weight excluding hydrogens is 216 g/mol. The minimum atomic E-state index is 0.00164. The van der Waals surface area contributed by atoms with Crippen LogP contribution in [0.15, 0.2) is 18.2 Å². The fourth-order valence-corrected chi connectivity index (χ4v) is 2.00. The first-order valence-corrected chi connectivity index (χ1v) is 6.06. The predicted molar refractivity (Wildman–Crippen MR) is 66.3 cm³/mol. The maximum absolute atomic E-state index is 11.8. The number of hydrogen-bond donors (Lipinski definition) is 2. The molecule has 1 aliphatic rings. The number of fused-ring (bicyclic) bond motifs is 1. The van der Waals surface area contributed by atoms with Crippen LogP contribution in [0.1, 0.15) is 28.8 Å². The molecule has 0 saturated carbocycles. The Labute approximate surface area is 101 Å². The van der Waals surface area contributed by atoms with Gasteiger partial charge in [-0.15, -0.1) is 0 Å². The molecule has 1 amide bonds. The Kier molecular flexibility index (Phi) is 3.98. The predicted octanol–water partition coefficient (Wildman–Crippen LogP) is 1.09. The van der Waals surface area contributed by atoms with Gasteiger partial charge >= 0.3 is 0 Å². The summed E-state index contributed by atoms with van der Waals surface area (Å²) in [4.78, 5) is 11.8. The molecule has 0 aliphatic carbocycles. The smallest absolute Gasteiger partial charge is 0.251 e. The molecule has 3 N–H and O–H groups in total. The summed E-state index contributed by atoms with van der Waals surface area (Å²) < 4.78 is 5.69. The first kappa shape index (κ1) is 11.9. The van der Waals surface area contributed by atoms with E-state index in [1.165, 1.54) is 0 Å². The van der Waals surface area contributed by atoms with Crippen LogP contribution in [0.2, 0.25) is 0 Å². The average Bonchev–Trinajstić information content (AvgIpc) is 2.53. The van der Waals surface area contributed by atoms with Gasteiger partial charge in [-0.2, -0.15) is 0 Å².